The van der Waals surface area contributed by atoms with E-state index in [2.05, 4.69) is 57.0 Å². The van der Waals surface area contributed by atoms with E-state index in [1.54, 1.807) is 0 Å². The number of fused-ring (bicyclic) bond motifs is 2. The topological polar surface area (TPSA) is 15.6 Å². The smallest absolute Gasteiger partial charge is 0.102 e. The van der Waals surface area contributed by atoms with Crippen molar-refractivity contribution >= 4 is 5.84 Å². The third-order valence-electron chi connectivity index (χ3n) is 3.41. The Labute approximate surface area is 92.4 Å². The molecule has 3 atom stereocenters. The molecule has 1 aliphatic heterocycles. The Morgan fingerprint density at radius 1 is 1.27 bits per heavy atom. The van der Waals surface area contributed by atoms with Crippen molar-refractivity contribution in [3.05, 3.63) is 24.3 Å². The molecule has 0 aromatic carbocycles. The van der Waals surface area contributed by atoms with Crippen molar-refractivity contribution in [3.63, 3.8) is 0 Å². The SMILES string of the molecule is CC(C)C1=NC2C=CC=CC(C2C)N1C. The molecule has 3 unspecified atom stereocenters. The van der Waals surface area contributed by atoms with Gasteiger partial charge in [-0.15, -0.1) is 0 Å². The summed E-state index contributed by atoms with van der Waals surface area (Å²) in [6, 6.07) is 0.860. The quantitative estimate of drug-likeness (QED) is 0.640. The third-order valence-corrected chi connectivity index (χ3v) is 3.41. The average Bonchev–Trinajstić information content (AvgIpc) is 2.29. The van der Waals surface area contributed by atoms with Gasteiger partial charge in [-0.05, 0) is 0 Å². The van der Waals surface area contributed by atoms with Gasteiger partial charge in [0.05, 0.1) is 12.1 Å². The van der Waals surface area contributed by atoms with Crippen LogP contribution in [-0.2, 0) is 0 Å². The minimum atomic E-state index is 0.360. The number of amidine groups is 1. The summed E-state index contributed by atoms with van der Waals surface area (Å²) in [6.07, 6.45) is 8.78. The lowest BCUT2D eigenvalue weighted by Gasteiger charge is -2.40. The van der Waals surface area contributed by atoms with Gasteiger partial charge in [-0.3, -0.25) is 4.99 Å². The van der Waals surface area contributed by atoms with Gasteiger partial charge in [-0.25, -0.2) is 0 Å². The van der Waals surface area contributed by atoms with Gasteiger partial charge < -0.3 is 4.90 Å². The fourth-order valence-corrected chi connectivity index (χ4v) is 2.50. The molecule has 2 bridgehead atoms. The molecule has 0 N–H and O–H groups in total. The van der Waals surface area contributed by atoms with E-state index in [4.69, 9.17) is 4.99 Å². The number of allylic oxidation sites excluding steroid dienone is 2. The number of hydrogen-bond donors (Lipinski definition) is 0. The molecule has 0 saturated carbocycles. The molecule has 2 nitrogen and oxygen atoms in total. The molecule has 0 aromatic heterocycles. The Balaban J connectivity index is 2.39. The van der Waals surface area contributed by atoms with E-state index >= 15 is 0 Å². The Kier molecular flexibility index (Phi) is 2.68. The van der Waals surface area contributed by atoms with Crippen molar-refractivity contribution in [1.29, 1.82) is 0 Å². The first-order chi connectivity index (χ1) is 7.11. The first-order valence-corrected chi connectivity index (χ1v) is 5.76. The maximum Gasteiger partial charge on any atom is 0.102 e. The highest BCUT2D eigenvalue weighted by atomic mass is 15.2. The minimum Gasteiger partial charge on any atom is -0.356 e. The minimum absolute atomic E-state index is 0.360. The lowest BCUT2D eigenvalue weighted by atomic mass is 9.90. The summed E-state index contributed by atoms with van der Waals surface area (Å²) in [6.45, 7) is 6.71. The van der Waals surface area contributed by atoms with E-state index in [1.807, 2.05) is 0 Å². The second kappa shape index (κ2) is 3.84. The molecule has 82 valence electrons. The standard InChI is InChI=1S/C13H20N2/c1-9(2)13-14-11-7-5-6-8-12(10(11)3)15(13)4/h5-12H,1-4H3. The van der Waals surface area contributed by atoms with Gasteiger partial charge in [0.1, 0.15) is 5.84 Å². The molecule has 0 spiro atoms. The van der Waals surface area contributed by atoms with Gasteiger partial charge in [0.15, 0.2) is 0 Å². The van der Waals surface area contributed by atoms with Crippen LogP contribution in [0.5, 0.6) is 0 Å². The molecule has 1 aliphatic carbocycles. The molecular weight excluding hydrogens is 184 g/mol. The van der Waals surface area contributed by atoms with Crippen LogP contribution in [0.3, 0.4) is 0 Å². The lowest BCUT2D eigenvalue weighted by molar-refractivity contribution is 0.272. The van der Waals surface area contributed by atoms with Crippen LogP contribution in [0.25, 0.3) is 0 Å². The molecule has 0 saturated heterocycles. The molecule has 0 amide bonds. The highest BCUT2D eigenvalue weighted by molar-refractivity contribution is 5.85. The van der Waals surface area contributed by atoms with Crippen LogP contribution in [0, 0.1) is 11.8 Å². The zero-order chi connectivity index (χ0) is 11.0. The van der Waals surface area contributed by atoms with Crippen LogP contribution in [-0.4, -0.2) is 29.9 Å². The van der Waals surface area contributed by atoms with E-state index in [9.17, 15) is 0 Å². The average molecular weight is 204 g/mol. The fraction of sp³-hybridized carbons (Fsp3) is 0.615. The van der Waals surface area contributed by atoms with Crippen LogP contribution >= 0.6 is 0 Å². The normalized spacial score (nSPS) is 34.3. The van der Waals surface area contributed by atoms with E-state index in [0.717, 1.165) is 0 Å². The molecule has 0 radical (unpaired) electrons. The summed E-state index contributed by atoms with van der Waals surface area (Å²) in [4.78, 5) is 7.17. The van der Waals surface area contributed by atoms with Crippen molar-refractivity contribution in [1.82, 2.24) is 4.90 Å². The van der Waals surface area contributed by atoms with E-state index in [0.29, 0.717) is 23.9 Å². The molecule has 0 fully saturated rings. The van der Waals surface area contributed by atoms with Gasteiger partial charge in [0, 0.05) is 18.9 Å². The first kappa shape index (κ1) is 10.5. The Morgan fingerprint density at radius 3 is 2.60 bits per heavy atom. The molecular formula is C13H20N2. The predicted octanol–water partition coefficient (Wildman–Crippen LogP) is 2.49. The van der Waals surface area contributed by atoms with Crippen molar-refractivity contribution in [3.8, 4) is 0 Å². The number of hydrogen-bond acceptors (Lipinski definition) is 2. The Hall–Kier alpha value is -1.05. The number of aliphatic imine (C=N–C) groups is 1. The maximum absolute atomic E-state index is 4.84. The van der Waals surface area contributed by atoms with E-state index in [1.165, 1.54) is 5.84 Å². The first-order valence-electron chi connectivity index (χ1n) is 5.76. The maximum atomic E-state index is 4.84. The van der Waals surface area contributed by atoms with Crippen LogP contribution in [0.2, 0.25) is 0 Å². The summed E-state index contributed by atoms with van der Waals surface area (Å²) in [5.74, 6) is 2.32. The summed E-state index contributed by atoms with van der Waals surface area (Å²) in [7, 11) is 2.16. The van der Waals surface area contributed by atoms with E-state index < -0.39 is 0 Å². The summed E-state index contributed by atoms with van der Waals surface area (Å²) >= 11 is 0. The molecule has 2 aliphatic rings. The second-order valence-electron chi connectivity index (χ2n) is 4.86. The van der Waals surface area contributed by atoms with Gasteiger partial charge in [0.2, 0.25) is 0 Å². The van der Waals surface area contributed by atoms with Crippen molar-refractivity contribution in [2.75, 3.05) is 7.05 Å². The van der Waals surface area contributed by atoms with E-state index in [-0.39, 0.29) is 0 Å². The molecule has 0 aromatic rings. The van der Waals surface area contributed by atoms with Crippen LogP contribution < -0.4 is 0 Å². The molecule has 15 heavy (non-hydrogen) atoms. The summed E-state index contributed by atoms with van der Waals surface area (Å²) in [5, 5.41) is 0. The summed E-state index contributed by atoms with van der Waals surface area (Å²) < 4.78 is 0. The van der Waals surface area contributed by atoms with Crippen molar-refractivity contribution in [2.45, 2.75) is 32.9 Å². The van der Waals surface area contributed by atoms with Crippen LogP contribution in [0.1, 0.15) is 20.8 Å². The third kappa shape index (κ3) is 1.73. The van der Waals surface area contributed by atoms with Gasteiger partial charge in [-0.1, -0.05) is 45.1 Å². The van der Waals surface area contributed by atoms with Crippen molar-refractivity contribution in [2.24, 2.45) is 16.8 Å². The zero-order valence-corrected chi connectivity index (χ0v) is 10.0. The number of rotatable bonds is 1. The number of likely N-dealkylation sites (N-methyl/N-ethyl adjacent to an activating group) is 1. The van der Waals surface area contributed by atoms with Crippen LogP contribution in [0.4, 0.5) is 0 Å². The van der Waals surface area contributed by atoms with Gasteiger partial charge >= 0.3 is 0 Å². The van der Waals surface area contributed by atoms with Crippen LogP contribution in [0.15, 0.2) is 29.3 Å². The zero-order valence-electron chi connectivity index (χ0n) is 10.0. The van der Waals surface area contributed by atoms with Gasteiger partial charge in [-0.2, -0.15) is 0 Å². The second-order valence-corrected chi connectivity index (χ2v) is 4.86. The summed E-state index contributed by atoms with van der Waals surface area (Å²) in [5.41, 5.74) is 0. The highest BCUT2D eigenvalue weighted by Crippen LogP contribution is 2.28. The molecule has 2 rings (SSSR count). The predicted molar refractivity (Wildman–Crippen MR) is 65.1 cm³/mol. The molecule has 2 heteroatoms. The monoisotopic (exact) mass is 204 g/mol. The highest BCUT2D eigenvalue weighted by Gasteiger charge is 2.33. The Bertz CT molecular complexity index is 325. The van der Waals surface area contributed by atoms with Gasteiger partial charge in [0.25, 0.3) is 0 Å². The fourth-order valence-electron chi connectivity index (χ4n) is 2.50. The van der Waals surface area contributed by atoms with Crippen molar-refractivity contribution < 1.29 is 0 Å². The molecule has 1 heterocycles. The largest absolute Gasteiger partial charge is 0.356 e. The number of nitrogens with zero attached hydrogens (tertiary/aromatic N) is 2. The Morgan fingerprint density at radius 2 is 1.93 bits per heavy atom. The lowest BCUT2D eigenvalue weighted by Crippen LogP contribution is -2.49.